The third-order valence-electron chi connectivity index (χ3n) is 2.82. The molecule has 0 aromatic carbocycles. The highest BCUT2D eigenvalue weighted by Crippen LogP contribution is 2.39. The monoisotopic (exact) mass is 318 g/mol. The molecule has 0 atom stereocenters. The Morgan fingerprint density at radius 1 is 1.15 bits per heavy atom. The Morgan fingerprint density at radius 3 is 2.00 bits per heavy atom. The molecule has 4 heteroatoms. The van der Waals surface area contributed by atoms with Gasteiger partial charge in [-0.15, -0.1) is 0 Å². The maximum atomic E-state index is 12.8. The molecule has 13 heavy (non-hydrogen) atoms. The summed E-state index contributed by atoms with van der Waals surface area (Å²) in [4.78, 5) is 0. The van der Waals surface area contributed by atoms with Crippen molar-refractivity contribution in [1.82, 2.24) is 0 Å². The molecule has 78 valence electrons. The second-order valence-corrected chi connectivity index (χ2v) is 5.06. The van der Waals surface area contributed by atoms with E-state index in [-0.39, 0.29) is 12.8 Å². The molecule has 1 saturated carbocycles. The molecule has 0 spiro atoms. The third-order valence-corrected chi connectivity index (χ3v) is 4.49. The van der Waals surface area contributed by atoms with Gasteiger partial charge in [-0.3, -0.25) is 0 Å². The van der Waals surface area contributed by atoms with Crippen molar-refractivity contribution in [2.45, 2.75) is 31.6 Å². The number of hydrogen-bond acceptors (Lipinski definition) is 0. The van der Waals surface area contributed by atoms with Crippen molar-refractivity contribution in [3.8, 4) is 0 Å². The Balaban J connectivity index is 2.39. The minimum Gasteiger partial charge on any atom is -0.207 e. The second-order valence-electron chi connectivity index (χ2n) is 3.76. The van der Waals surface area contributed by atoms with Gasteiger partial charge in [0.1, 0.15) is 0 Å². The zero-order valence-corrected chi connectivity index (χ0v) is 10.6. The molecule has 0 N–H and O–H groups in total. The zero-order valence-electron chi connectivity index (χ0n) is 7.41. The third kappa shape index (κ3) is 3.46. The Labute approximate surface area is 94.7 Å². The van der Waals surface area contributed by atoms with Crippen LogP contribution in [-0.4, -0.2) is 16.6 Å². The van der Waals surface area contributed by atoms with Crippen LogP contribution in [0.2, 0.25) is 0 Å². The van der Waals surface area contributed by atoms with Crippen LogP contribution in [-0.2, 0) is 0 Å². The molecule has 0 aromatic rings. The van der Waals surface area contributed by atoms with Gasteiger partial charge in [0.25, 0.3) is 0 Å². The molecule has 1 fully saturated rings. The number of alkyl halides is 4. The van der Waals surface area contributed by atoms with Gasteiger partial charge in [-0.1, -0.05) is 31.9 Å². The Kier molecular flexibility index (Phi) is 4.63. The van der Waals surface area contributed by atoms with Crippen LogP contribution in [0.3, 0.4) is 0 Å². The van der Waals surface area contributed by atoms with E-state index in [2.05, 4.69) is 31.9 Å². The molecule has 0 bridgehead atoms. The van der Waals surface area contributed by atoms with Gasteiger partial charge in [0.05, 0.1) is 0 Å². The van der Waals surface area contributed by atoms with Crippen LogP contribution in [0.5, 0.6) is 0 Å². The first-order chi connectivity index (χ1) is 6.09. The first kappa shape index (κ1) is 11.9. The lowest BCUT2D eigenvalue weighted by Gasteiger charge is -2.32. The van der Waals surface area contributed by atoms with Gasteiger partial charge in [-0.2, -0.15) is 0 Å². The average molecular weight is 320 g/mol. The van der Waals surface area contributed by atoms with Crippen molar-refractivity contribution in [3.05, 3.63) is 0 Å². The summed E-state index contributed by atoms with van der Waals surface area (Å²) in [5.41, 5.74) is 0. The summed E-state index contributed by atoms with van der Waals surface area (Å²) in [7, 11) is 0. The van der Waals surface area contributed by atoms with Crippen LogP contribution in [0, 0.1) is 11.8 Å². The first-order valence-corrected chi connectivity index (χ1v) is 6.83. The molecule has 1 aliphatic carbocycles. The summed E-state index contributed by atoms with van der Waals surface area (Å²) in [5, 5.41) is 1.82. The number of rotatable bonds is 3. The van der Waals surface area contributed by atoms with E-state index >= 15 is 0 Å². The fourth-order valence-corrected chi connectivity index (χ4v) is 3.96. The molecule has 0 amide bonds. The van der Waals surface area contributed by atoms with E-state index in [1.54, 1.807) is 0 Å². The second kappa shape index (κ2) is 5.06. The molecule has 0 saturated heterocycles. The molecular weight excluding hydrogens is 306 g/mol. The molecular formula is C9H14Br2F2. The van der Waals surface area contributed by atoms with E-state index in [1.807, 2.05) is 0 Å². The van der Waals surface area contributed by atoms with Crippen molar-refractivity contribution < 1.29 is 8.78 Å². The van der Waals surface area contributed by atoms with Gasteiger partial charge in [0.2, 0.25) is 5.92 Å². The average Bonchev–Trinajstić information content (AvgIpc) is 2.09. The maximum Gasteiger partial charge on any atom is 0.248 e. The normalized spacial score (nSPS) is 23.8. The topological polar surface area (TPSA) is 0 Å². The molecule has 0 unspecified atom stereocenters. The number of hydrogen-bond donors (Lipinski definition) is 0. The summed E-state index contributed by atoms with van der Waals surface area (Å²) in [5.74, 6) is -1.41. The molecule has 0 aliphatic heterocycles. The summed E-state index contributed by atoms with van der Waals surface area (Å²) in [6.07, 6.45) is 1.51. The smallest absolute Gasteiger partial charge is 0.207 e. The fraction of sp³-hybridized carbons (Fsp3) is 1.00. The van der Waals surface area contributed by atoms with Crippen LogP contribution < -0.4 is 0 Å². The van der Waals surface area contributed by atoms with Crippen molar-refractivity contribution in [2.75, 3.05) is 10.7 Å². The predicted molar refractivity (Wildman–Crippen MR) is 58.0 cm³/mol. The lowest BCUT2D eigenvalue weighted by atomic mass is 9.80. The van der Waals surface area contributed by atoms with Crippen molar-refractivity contribution >= 4 is 31.9 Å². The quantitative estimate of drug-likeness (QED) is 0.683. The van der Waals surface area contributed by atoms with Crippen LogP contribution in [0.4, 0.5) is 8.78 Å². The highest BCUT2D eigenvalue weighted by atomic mass is 79.9. The summed E-state index contributed by atoms with van der Waals surface area (Å²) in [6, 6.07) is 0. The van der Waals surface area contributed by atoms with E-state index in [4.69, 9.17) is 0 Å². The van der Waals surface area contributed by atoms with Crippen LogP contribution >= 0.6 is 31.9 Å². The largest absolute Gasteiger partial charge is 0.248 e. The Bertz CT molecular complexity index is 148. The summed E-state index contributed by atoms with van der Waals surface area (Å²) < 4.78 is 25.7. The highest BCUT2D eigenvalue weighted by molar-refractivity contribution is 9.09. The maximum absolute atomic E-state index is 12.8. The van der Waals surface area contributed by atoms with E-state index < -0.39 is 5.92 Å². The minimum atomic E-state index is -2.39. The number of halogens is 4. The minimum absolute atomic E-state index is 0.0775. The van der Waals surface area contributed by atoms with Gasteiger partial charge in [0, 0.05) is 23.5 Å². The van der Waals surface area contributed by atoms with E-state index in [0.29, 0.717) is 24.7 Å². The van der Waals surface area contributed by atoms with Crippen LogP contribution in [0.25, 0.3) is 0 Å². The Hall–Kier alpha value is 0.820. The zero-order chi connectivity index (χ0) is 9.90. The molecule has 0 heterocycles. The molecule has 0 radical (unpaired) electrons. The van der Waals surface area contributed by atoms with E-state index in [1.165, 1.54) is 0 Å². The highest BCUT2D eigenvalue weighted by Gasteiger charge is 2.36. The van der Waals surface area contributed by atoms with Crippen molar-refractivity contribution in [3.63, 3.8) is 0 Å². The lowest BCUT2D eigenvalue weighted by Crippen LogP contribution is -2.29. The summed E-state index contributed by atoms with van der Waals surface area (Å²) in [6.45, 7) is 0. The van der Waals surface area contributed by atoms with Gasteiger partial charge in [0.15, 0.2) is 0 Å². The Morgan fingerprint density at radius 2 is 1.62 bits per heavy atom. The van der Waals surface area contributed by atoms with E-state index in [9.17, 15) is 8.78 Å². The van der Waals surface area contributed by atoms with Crippen LogP contribution in [0.1, 0.15) is 25.7 Å². The molecule has 1 aliphatic rings. The van der Waals surface area contributed by atoms with Gasteiger partial charge < -0.3 is 0 Å². The molecule has 1 rings (SSSR count). The van der Waals surface area contributed by atoms with Gasteiger partial charge in [-0.05, 0) is 24.7 Å². The van der Waals surface area contributed by atoms with Crippen molar-refractivity contribution in [2.24, 2.45) is 11.8 Å². The SMILES string of the molecule is FC1(F)CCC(C(CBr)CBr)CC1. The standard InChI is InChI=1S/C9H14Br2F2/c10-5-8(6-11)7-1-3-9(12,13)4-2-7/h7-8H,1-6H2. The summed E-state index contributed by atoms with van der Waals surface area (Å²) >= 11 is 6.85. The van der Waals surface area contributed by atoms with Gasteiger partial charge >= 0.3 is 0 Å². The molecule has 0 aromatic heterocycles. The molecule has 0 nitrogen and oxygen atoms in total. The van der Waals surface area contributed by atoms with Gasteiger partial charge in [-0.25, -0.2) is 8.78 Å². The van der Waals surface area contributed by atoms with Crippen molar-refractivity contribution in [1.29, 1.82) is 0 Å². The van der Waals surface area contributed by atoms with E-state index in [0.717, 1.165) is 10.7 Å². The first-order valence-electron chi connectivity index (χ1n) is 4.59. The predicted octanol–water partition coefficient (Wildman–Crippen LogP) is 4.22. The fourth-order valence-electron chi connectivity index (χ4n) is 1.83. The lowest BCUT2D eigenvalue weighted by molar-refractivity contribution is -0.0499. The van der Waals surface area contributed by atoms with Crippen LogP contribution in [0.15, 0.2) is 0 Å².